The second kappa shape index (κ2) is 7.18. The van der Waals surface area contributed by atoms with E-state index >= 15 is 0 Å². The van der Waals surface area contributed by atoms with Crippen LogP contribution in [0.3, 0.4) is 0 Å². The Balaban J connectivity index is 1.61. The standard InChI is InChI=1S/C15H13ClN4O4S/c16-11-5-2-1-4-10(11)15(21)17-8-9-18-25(22,23)13-7-3-6-12-14(13)20-24-19-12/h1-7,18H,8-9H2,(H,17,21). The molecule has 0 unspecified atom stereocenters. The maximum Gasteiger partial charge on any atom is 0.252 e. The van der Waals surface area contributed by atoms with Crippen LogP contribution in [0.2, 0.25) is 5.02 Å². The van der Waals surface area contributed by atoms with Crippen molar-refractivity contribution in [3.05, 3.63) is 53.1 Å². The highest BCUT2D eigenvalue weighted by Crippen LogP contribution is 2.19. The number of fused-ring (bicyclic) bond motifs is 1. The van der Waals surface area contributed by atoms with E-state index in [1.165, 1.54) is 6.07 Å². The van der Waals surface area contributed by atoms with Gasteiger partial charge in [0.1, 0.15) is 10.4 Å². The van der Waals surface area contributed by atoms with Crippen LogP contribution in [0.25, 0.3) is 11.0 Å². The molecular weight excluding hydrogens is 368 g/mol. The number of amides is 1. The van der Waals surface area contributed by atoms with Crippen LogP contribution in [-0.4, -0.2) is 37.7 Å². The fourth-order valence-corrected chi connectivity index (χ4v) is 3.58. The Labute approximate surface area is 148 Å². The first-order chi connectivity index (χ1) is 12.0. The maximum atomic E-state index is 12.4. The van der Waals surface area contributed by atoms with Crippen LogP contribution >= 0.6 is 11.6 Å². The molecule has 0 aliphatic heterocycles. The van der Waals surface area contributed by atoms with E-state index in [0.717, 1.165) is 0 Å². The van der Waals surface area contributed by atoms with E-state index in [2.05, 4.69) is 25.0 Å². The zero-order valence-electron chi connectivity index (χ0n) is 12.8. The predicted octanol–water partition coefficient (Wildman–Crippen LogP) is 1.58. The first kappa shape index (κ1) is 17.3. The minimum absolute atomic E-state index is 0.000192. The lowest BCUT2D eigenvalue weighted by molar-refractivity contribution is 0.0954. The second-order valence-corrected chi connectivity index (χ2v) is 7.16. The Kier molecular flexibility index (Phi) is 4.98. The van der Waals surface area contributed by atoms with Gasteiger partial charge < -0.3 is 5.32 Å². The SMILES string of the molecule is O=C(NCCNS(=O)(=O)c1cccc2nonc12)c1ccccc1Cl. The lowest BCUT2D eigenvalue weighted by Gasteiger charge is -2.09. The van der Waals surface area contributed by atoms with Crippen molar-refractivity contribution in [1.29, 1.82) is 0 Å². The molecule has 0 spiro atoms. The van der Waals surface area contributed by atoms with Gasteiger partial charge in [0.15, 0.2) is 5.52 Å². The molecule has 1 amide bonds. The third kappa shape index (κ3) is 3.78. The monoisotopic (exact) mass is 380 g/mol. The van der Waals surface area contributed by atoms with Crippen LogP contribution in [0, 0.1) is 0 Å². The van der Waals surface area contributed by atoms with E-state index in [-0.39, 0.29) is 29.4 Å². The normalized spacial score (nSPS) is 11.6. The minimum atomic E-state index is -3.82. The Morgan fingerprint density at radius 2 is 1.88 bits per heavy atom. The number of carbonyl (C=O) groups excluding carboxylic acids is 1. The summed E-state index contributed by atoms with van der Waals surface area (Å²) in [5.74, 6) is -0.382. The quantitative estimate of drug-likeness (QED) is 0.627. The first-order valence-corrected chi connectivity index (χ1v) is 9.09. The average Bonchev–Trinajstić information content (AvgIpc) is 3.07. The Morgan fingerprint density at radius 1 is 1.08 bits per heavy atom. The summed E-state index contributed by atoms with van der Waals surface area (Å²) in [5.41, 5.74) is 0.815. The third-order valence-electron chi connectivity index (χ3n) is 3.36. The molecule has 130 valence electrons. The number of halogens is 1. The van der Waals surface area contributed by atoms with Crippen LogP contribution < -0.4 is 10.0 Å². The predicted molar refractivity (Wildman–Crippen MR) is 90.8 cm³/mol. The molecule has 1 heterocycles. The minimum Gasteiger partial charge on any atom is -0.351 e. The Morgan fingerprint density at radius 3 is 2.68 bits per heavy atom. The molecule has 0 aliphatic rings. The van der Waals surface area contributed by atoms with Gasteiger partial charge in [-0.15, -0.1) is 0 Å². The van der Waals surface area contributed by atoms with Gasteiger partial charge in [-0.2, -0.15) is 0 Å². The van der Waals surface area contributed by atoms with E-state index in [1.807, 2.05) is 0 Å². The summed E-state index contributed by atoms with van der Waals surface area (Å²) in [7, 11) is -3.82. The van der Waals surface area contributed by atoms with E-state index in [0.29, 0.717) is 16.1 Å². The summed E-state index contributed by atoms with van der Waals surface area (Å²) in [6.07, 6.45) is 0. The molecule has 0 radical (unpaired) electrons. The van der Waals surface area contributed by atoms with Crippen molar-refractivity contribution in [3.8, 4) is 0 Å². The highest BCUT2D eigenvalue weighted by atomic mass is 35.5. The lowest BCUT2D eigenvalue weighted by Crippen LogP contribution is -2.34. The zero-order valence-corrected chi connectivity index (χ0v) is 14.3. The average molecular weight is 381 g/mol. The fourth-order valence-electron chi connectivity index (χ4n) is 2.18. The van der Waals surface area contributed by atoms with Crippen LogP contribution in [0.15, 0.2) is 52.0 Å². The van der Waals surface area contributed by atoms with Gasteiger partial charge in [0.05, 0.1) is 10.6 Å². The van der Waals surface area contributed by atoms with E-state index in [9.17, 15) is 13.2 Å². The molecule has 0 atom stereocenters. The molecule has 0 saturated carbocycles. The van der Waals surface area contributed by atoms with Gasteiger partial charge in [-0.05, 0) is 34.6 Å². The number of hydrogen-bond donors (Lipinski definition) is 2. The second-order valence-electron chi connectivity index (χ2n) is 5.02. The largest absolute Gasteiger partial charge is 0.351 e. The van der Waals surface area contributed by atoms with E-state index in [4.69, 9.17) is 11.6 Å². The number of nitrogens with zero attached hydrogens (tertiary/aromatic N) is 2. The maximum absolute atomic E-state index is 12.4. The molecular formula is C15H13ClN4O4S. The molecule has 25 heavy (non-hydrogen) atoms. The molecule has 2 N–H and O–H groups in total. The van der Waals surface area contributed by atoms with Gasteiger partial charge in [0.25, 0.3) is 5.91 Å². The van der Waals surface area contributed by atoms with Crippen molar-refractivity contribution >= 4 is 38.6 Å². The Bertz CT molecular complexity index is 1020. The molecule has 0 aliphatic carbocycles. The van der Waals surface area contributed by atoms with Gasteiger partial charge >= 0.3 is 0 Å². The van der Waals surface area contributed by atoms with Gasteiger partial charge in [0, 0.05) is 13.1 Å². The lowest BCUT2D eigenvalue weighted by atomic mass is 10.2. The highest BCUT2D eigenvalue weighted by Gasteiger charge is 2.19. The molecule has 0 saturated heterocycles. The molecule has 0 bridgehead atoms. The first-order valence-electron chi connectivity index (χ1n) is 7.23. The summed E-state index contributed by atoms with van der Waals surface area (Å²) in [6.45, 7) is 0.0938. The Hall–Kier alpha value is -2.49. The zero-order chi connectivity index (χ0) is 17.9. The van der Waals surface area contributed by atoms with Gasteiger partial charge in [-0.3, -0.25) is 4.79 Å². The van der Waals surface area contributed by atoms with Crippen LogP contribution in [-0.2, 0) is 10.0 Å². The highest BCUT2D eigenvalue weighted by molar-refractivity contribution is 7.89. The number of benzene rings is 2. The van der Waals surface area contributed by atoms with E-state index in [1.54, 1.807) is 36.4 Å². The molecule has 10 heteroatoms. The van der Waals surface area contributed by atoms with Gasteiger partial charge in [-0.25, -0.2) is 17.8 Å². The van der Waals surface area contributed by atoms with Crippen molar-refractivity contribution in [2.75, 3.05) is 13.1 Å². The van der Waals surface area contributed by atoms with Crippen molar-refractivity contribution < 1.29 is 17.8 Å². The molecule has 8 nitrogen and oxygen atoms in total. The van der Waals surface area contributed by atoms with Crippen LogP contribution in [0.4, 0.5) is 0 Å². The molecule has 1 aromatic heterocycles. The van der Waals surface area contributed by atoms with Crippen LogP contribution in [0.1, 0.15) is 10.4 Å². The molecule has 2 aromatic carbocycles. The number of rotatable bonds is 6. The summed E-state index contributed by atoms with van der Waals surface area (Å²) < 4.78 is 31.7. The summed E-state index contributed by atoms with van der Waals surface area (Å²) in [6, 6.07) is 11.1. The number of carbonyl (C=O) groups is 1. The third-order valence-corrected chi connectivity index (χ3v) is 5.18. The van der Waals surface area contributed by atoms with E-state index < -0.39 is 10.0 Å². The topological polar surface area (TPSA) is 114 Å². The number of nitrogens with one attached hydrogen (secondary N) is 2. The molecule has 3 aromatic rings. The van der Waals surface area contributed by atoms with Crippen LogP contribution in [0.5, 0.6) is 0 Å². The fraction of sp³-hybridized carbons (Fsp3) is 0.133. The number of sulfonamides is 1. The summed E-state index contributed by atoms with van der Waals surface area (Å²) in [5, 5.41) is 10.1. The van der Waals surface area contributed by atoms with Crippen molar-refractivity contribution in [1.82, 2.24) is 20.4 Å². The number of hydrogen-bond acceptors (Lipinski definition) is 6. The molecule has 3 rings (SSSR count). The van der Waals surface area contributed by atoms with Crippen molar-refractivity contribution in [2.45, 2.75) is 4.90 Å². The molecule has 0 fully saturated rings. The smallest absolute Gasteiger partial charge is 0.252 e. The van der Waals surface area contributed by atoms with Gasteiger partial charge in [0.2, 0.25) is 10.0 Å². The van der Waals surface area contributed by atoms with Gasteiger partial charge in [-0.1, -0.05) is 29.8 Å². The summed E-state index contributed by atoms with van der Waals surface area (Å²) in [4.78, 5) is 12.0. The van der Waals surface area contributed by atoms with Crippen molar-refractivity contribution in [2.24, 2.45) is 0 Å². The number of aromatic nitrogens is 2. The van der Waals surface area contributed by atoms with Crippen molar-refractivity contribution in [3.63, 3.8) is 0 Å². The summed E-state index contributed by atoms with van der Waals surface area (Å²) >= 11 is 5.94.